The molecule has 1 fully saturated rings. The van der Waals surface area contributed by atoms with E-state index in [1.807, 2.05) is 19.9 Å². The number of anilines is 1. The molecule has 0 aromatic carbocycles. The van der Waals surface area contributed by atoms with E-state index in [9.17, 15) is 4.79 Å². The average molecular weight is 319 g/mol. The molecular formula is C15H21N5O3. The molecule has 3 N–H and O–H groups in total. The second-order valence-corrected chi connectivity index (χ2v) is 5.98. The van der Waals surface area contributed by atoms with Gasteiger partial charge in [0.2, 0.25) is 5.91 Å². The van der Waals surface area contributed by atoms with Crippen LogP contribution < -0.4 is 11.1 Å². The van der Waals surface area contributed by atoms with E-state index in [0.717, 1.165) is 17.1 Å². The summed E-state index contributed by atoms with van der Waals surface area (Å²) in [6.07, 6.45) is 0.689. The smallest absolute Gasteiger partial charge is 0.242 e. The molecule has 0 aliphatic carbocycles. The predicted octanol–water partition coefficient (Wildman–Crippen LogP) is 0.444. The summed E-state index contributed by atoms with van der Waals surface area (Å²) in [5.41, 5.74) is 7.45. The fraction of sp³-hybridized carbons (Fsp3) is 0.533. The Morgan fingerprint density at radius 3 is 2.87 bits per heavy atom. The lowest BCUT2D eigenvalue weighted by Crippen LogP contribution is -2.42. The van der Waals surface area contributed by atoms with Gasteiger partial charge in [-0.05, 0) is 13.8 Å². The molecule has 1 aliphatic rings. The van der Waals surface area contributed by atoms with E-state index >= 15 is 0 Å². The van der Waals surface area contributed by atoms with Crippen LogP contribution in [0.5, 0.6) is 0 Å². The zero-order valence-corrected chi connectivity index (χ0v) is 13.3. The van der Waals surface area contributed by atoms with Crippen LogP contribution in [-0.4, -0.2) is 40.1 Å². The van der Waals surface area contributed by atoms with Gasteiger partial charge in [0, 0.05) is 24.5 Å². The Balaban J connectivity index is 1.57. The van der Waals surface area contributed by atoms with E-state index in [0.29, 0.717) is 25.5 Å². The van der Waals surface area contributed by atoms with Gasteiger partial charge < -0.3 is 20.3 Å². The van der Waals surface area contributed by atoms with Crippen LogP contribution in [-0.2, 0) is 22.5 Å². The van der Waals surface area contributed by atoms with Crippen molar-refractivity contribution in [3.63, 3.8) is 0 Å². The molecule has 2 aromatic heterocycles. The van der Waals surface area contributed by atoms with E-state index in [1.54, 1.807) is 6.07 Å². The van der Waals surface area contributed by atoms with Crippen molar-refractivity contribution in [2.24, 2.45) is 5.92 Å². The number of aromatic nitrogens is 3. The third kappa shape index (κ3) is 3.70. The fourth-order valence-electron chi connectivity index (χ4n) is 2.81. The number of carbonyl (C=O) groups excluding carboxylic acids is 1. The van der Waals surface area contributed by atoms with Gasteiger partial charge in [0.15, 0.2) is 0 Å². The minimum absolute atomic E-state index is 0.0502. The molecule has 3 heterocycles. The molecule has 0 unspecified atom stereocenters. The molecule has 8 nitrogen and oxygen atoms in total. The molecule has 8 heteroatoms. The third-order valence-corrected chi connectivity index (χ3v) is 3.91. The van der Waals surface area contributed by atoms with Crippen molar-refractivity contribution in [2.45, 2.75) is 32.9 Å². The average Bonchev–Trinajstić information content (AvgIpc) is 3.15. The van der Waals surface area contributed by atoms with E-state index in [1.165, 1.54) is 4.68 Å². The molecule has 0 radical (unpaired) electrons. The van der Waals surface area contributed by atoms with Crippen molar-refractivity contribution >= 4 is 11.7 Å². The molecule has 23 heavy (non-hydrogen) atoms. The summed E-state index contributed by atoms with van der Waals surface area (Å²) in [4.78, 5) is 12.2. The van der Waals surface area contributed by atoms with Gasteiger partial charge in [0.05, 0.1) is 30.6 Å². The van der Waals surface area contributed by atoms with E-state index in [2.05, 4.69) is 15.6 Å². The molecule has 3 rings (SSSR count). The van der Waals surface area contributed by atoms with E-state index in [4.69, 9.17) is 15.0 Å². The molecule has 124 valence electrons. The van der Waals surface area contributed by atoms with Crippen LogP contribution in [0.2, 0.25) is 0 Å². The number of hydrogen-bond donors (Lipinski definition) is 2. The molecule has 0 spiro atoms. The monoisotopic (exact) mass is 319 g/mol. The zero-order chi connectivity index (χ0) is 16.4. The Labute approximate surface area is 134 Å². The molecule has 1 aliphatic heterocycles. The Morgan fingerprint density at radius 2 is 2.22 bits per heavy atom. The summed E-state index contributed by atoms with van der Waals surface area (Å²) in [7, 11) is 0. The van der Waals surface area contributed by atoms with Crippen molar-refractivity contribution in [3.8, 4) is 0 Å². The van der Waals surface area contributed by atoms with Crippen molar-refractivity contribution in [1.82, 2.24) is 20.3 Å². The Hall–Kier alpha value is -2.35. The minimum atomic E-state index is -0.131. The minimum Gasteiger partial charge on any atom is -0.384 e. The number of amides is 1. The lowest BCUT2D eigenvalue weighted by molar-refractivity contribution is -0.122. The van der Waals surface area contributed by atoms with Crippen LogP contribution in [0.15, 0.2) is 16.7 Å². The van der Waals surface area contributed by atoms with E-state index in [-0.39, 0.29) is 24.4 Å². The maximum absolute atomic E-state index is 12.2. The SMILES string of the molecule is Cc1cc(C[C@H]2COC[C@H]2NC(=O)Cn2nc(C)cc2N)on1. The first-order valence-corrected chi connectivity index (χ1v) is 7.60. The second kappa shape index (κ2) is 6.41. The first-order valence-electron chi connectivity index (χ1n) is 7.60. The number of nitrogens with two attached hydrogens (primary N) is 1. The lowest BCUT2D eigenvalue weighted by Gasteiger charge is -2.18. The highest BCUT2D eigenvalue weighted by Gasteiger charge is 2.30. The highest BCUT2D eigenvalue weighted by Crippen LogP contribution is 2.20. The predicted molar refractivity (Wildman–Crippen MR) is 82.6 cm³/mol. The maximum Gasteiger partial charge on any atom is 0.242 e. The van der Waals surface area contributed by atoms with E-state index < -0.39 is 0 Å². The Kier molecular flexibility index (Phi) is 4.33. The number of ether oxygens (including phenoxy) is 1. The molecule has 0 saturated carbocycles. The molecule has 1 amide bonds. The first kappa shape index (κ1) is 15.5. The molecule has 1 saturated heterocycles. The summed E-state index contributed by atoms with van der Waals surface area (Å²) in [5, 5.41) is 11.1. The molecule has 2 atom stereocenters. The Morgan fingerprint density at radius 1 is 1.39 bits per heavy atom. The van der Waals surface area contributed by atoms with Crippen LogP contribution in [0.25, 0.3) is 0 Å². The number of nitrogens with one attached hydrogen (secondary N) is 1. The van der Waals surface area contributed by atoms with Crippen molar-refractivity contribution in [2.75, 3.05) is 18.9 Å². The lowest BCUT2D eigenvalue weighted by atomic mass is 9.98. The van der Waals surface area contributed by atoms with Crippen LogP contribution >= 0.6 is 0 Å². The van der Waals surface area contributed by atoms with Gasteiger partial charge in [0.1, 0.15) is 18.1 Å². The van der Waals surface area contributed by atoms with Gasteiger partial charge >= 0.3 is 0 Å². The van der Waals surface area contributed by atoms with Gasteiger partial charge in [0.25, 0.3) is 0 Å². The number of nitrogens with zero attached hydrogens (tertiary/aromatic N) is 3. The molecular weight excluding hydrogens is 298 g/mol. The number of hydrogen-bond acceptors (Lipinski definition) is 6. The normalized spacial score (nSPS) is 20.8. The third-order valence-electron chi connectivity index (χ3n) is 3.91. The van der Waals surface area contributed by atoms with Gasteiger partial charge in [-0.3, -0.25) is 4.79 Å². The molecule has 2 aromatic rings. The number of nitrogen functional groups attached to an aromatic ring is 1. The van der Waals surface area contributed by atoms with Crippen LogP contribution in [0, 0.1) is 19.8 Å². The summed E-state index contributed by atoms with van der Waals surface area (Å²) < 4.78 is 12.2. The fourth-order valence-corrected chi connectivity index (χ4v) is 2.81. The largest absolute Gasteiger partial charge is 0.384 e. The summed E-state index contributed by atoms with van der Waals surface area (Å²) in [6, 6.07) is 3.59. The first-order chi connectivity index (χ1) is 11.0. The van der Waals surface area contributed by atoms with Crippen molar-refractivity contribution in [1.29, 1.82) is 0 Å². The van der Waals surface area contributed by atoms with Crippen molar-refractivity contribution in [3.05, 3.63) is 29.3 Å². The standard InChI is InChI=1S/C15H21N5O3/c1-9-4-14(16)20(18-9)6-15(21)17-13-8-22-7-11(13)5-12-3-10(2)19-23-12/h3-4,11,13H,5-8,16H2,1-2H3,(H,17,21)/t11-,13+/m0/s1. The highest BCUT2D eigenvalue weighted by atomic mass is 16.5. The van der Waals surface area contributed by atoms with Gasteiger partial charge in [-0.2, -0.15) is 5.10 Å². The maximum atomic E-state index is 12.2. The van der Waals surface area contributed by atoms with Crippen LogP contribution in [0.4, 0.5) is 5.82 Å². The number of carbonyl (C=O) groups is 1. The number of aryl methyl sites for hydroxylation is 2. The van der Waals surface area contributed by atoms with Gasteiger partial charge in [-0.25, -0.2) is 4.68 Å². The summed E-state index contributed by atoms with van der Waals surface area (Å²) in [5.74, 6) is 1.33. The second-order valence-electron chi connectivity index (χ2n) is 5.98. The van der Waals surface area contributed by atoms with Crippen molar-refractivity contribution < 1.29 is 14.1 Å². The topological polar surface area (TPSA) is 108 Å². The molecule has 0 bridgehead atoms. The summed E-state index contributed by atoms with van der Waals surface area (Å²) in [6.45, 7) is 4.91. The van der Waals surface area contributed by atoms with Crippen LogP contribution in [0.1, 0.15) is 17.1 Å². The number of rotatable bonds is 5. The zero-order valence-electron chi connectivity index (χ0n) is 13.3. The summed E-state index contributed by atoms with van der Waals surface area (Å²) >= 11 is 0. The Bertz CT molecular complexity index is 693. The van der Waals surface area contributed by atoms with Crippen LogP contribution in [0.3, 0.4) is 0 Å². The van der Waals surface area contributed by atoms with Gasteiger partial charge in [-0.1, -0.05) is 5.16 Å². The van der Waals surface area contributed by atoms with Gasteiger partial charge in [-0.15, -0.1) is 0 Å². The quantitative estimate of drug-likeness (QED) is 0.828. The highest BCUT2D eigenvalue weighted by molar-refractivity contribution is 5.76.